The second-order valence-electron chi connectivity index (χ2n) is 8.07. The second-order valence-corrected chi connectivity index (χ2v) is 8.50. The van der Waals surface area contributed by atoms with Gasteiger partial charge in [-0.1, -0.05) is 29.8 Å². The summed E-state index contributed by atoms with van der Waals surface area (Å²) in [6, 6.07) is 19.7. The molecule has 2 aromatic carbocycles. The first-order chi connectivity index (χ1) is 14.3. The zero-order valence-corrected chi connectivity index (χ0v) is 17.4. The van der Waals surface area contributed by atoms with Gasteiger partial charge in [-0.3, -0.25) is 9.88 Å². The minimum Gasteiger partial charge on any atom is -0.371 e. The minimum absolute atomic E-state index is 0.713. The molecule has 2 aliphatic rings. The summed E-state index contributed by atoms with van der Waals surface area (Å²) in [5.74, 6) is 0. The van der Waals surface area contributed by atoms with Crippen molar-refractivity contribution in [2.24, 2.45) is 0 Å². The molecular weight excluding hydrogens is 380 g/mol. The number of piperazine rings is 1. The molecule has 0 N–H and O–H groups in total. The normalized spacial score (nSPS) is 19.1. The zero-order chi connectivity index (χ0) is 19.6. The number of nitrogens with zero attached hydrogens (tertiary/aromatic N) is 4. The first-order valence-electron chi connectivity index (χ1n) is 10.6. The van der Waals surface area contributed by atoms with Crippen LogP contribution in [-0.4, -0.2) is 55.2 Å². The van der Waals surface area contributed by atoms with E-state index < -0.39 is 0 Å². The maximum atomic E-state index is 6.15. The van der Waals surface area contributed by atoms with Crippen molar-refractivity contribution >= 4 is 33.9 Å². The molecule has 2 saturated heterocycles. The van der Waals surface area contributed by atoms with Gasteiger partial charge in [-0.15, -0.1) is 0 Å². The van der Waals surface area contributed by atoms with E-state index in [-0.39, 0.29) is 0 Å². The molecule has 3 heterocycles. The predicted octanol–water partition coefficient (Wildman–Crippen LogP) is 4.68. The lowest BCUT2D eigenvalue weighted by Gasteiger charge is -2.44. The van der Waals surface area contributed by atoms with Crippen LogP contribution in [0.15, 0.2) is 60.8 Å². The standard InChI is InChI=1S/C24H27ClN4/c25-19-6-7-22-23(18-19)26-11-8-24(22)29-16-14-28(15-17-29)21-9-12-27(13-10-21)20-4-2-1-3-5-20/h1-8,11,18,21H,9-10,12-17H2. The van der Waals surface area contributed by atoms with E-state index in [1.807, 2.05) is 18.3 Å². The van der Waals surface area contributed by atoms with Gasteiger partial charge in [0.2, 0.25) is 0 Å². The highest BCUT2D eigenvalue weighted by Crippen LogP contribution is 2.29. The van der Waals surface area contributed by atoms with Crippen molar-refractivity contribution in [2.45, 2.75) is 18.9 Å². The SMILES string of the molecule is Clc1ccc2c(N3CCN(C4CCN(c5ccccc5)CC4)CC3)ccnc2c1. The lowest BCUT2D eigenvalue weighted by molar-refractivity contribution is 0.160. The van der Waals surface area contributed by atoms with Crippen molar-refractivity contribution in [1.82, 2.24) is 9.88 Å². The maximum Gasteiger partial charge on any atom is 0.0737 e. The maximum absolute atomic E-state index is 6.15. The fourth-order valence-corrected chi connectivity index (χ4v) is 5.00. The van der Waals surface area contributed by atoms with E-state index in [0.29, 0.717) is 6.04 Å². The van der Waals surface area contributed by atoms with Gasteiger partial charge < -0.3 is 9.80 Å². The molecule has 2 fully saturated rings. The summed E-state index contributed by atoms with van der Waals surface area (Å²) in [5, 5.41) is 1.94. The fraction of sp³-hybridized carbons (Fsp3) is 0.375. The molecule has 0 radical (unpaired) electrons. The molecular formula is C24H27ClN4. The number of hydrogen-bond donors (Lipinski definition) is 0. The molecule has 0 atom stereocenters. The van der Waals surface area contributed by atoms with E-state index in [4.69, 9.17) is 11.6 Å². The predicted molar refractivity (Wildman–Crippen MR) is 122 cm³/mol. The molecule has 5 heteroatoms. The number of pyridine rings is 1. The van der Waals surface area contributed by atoms with Gasteiger partial charge in [0.1, 0.15) is 0 Å². The van der Waals surface area contributed by atoms with Crippen LogP contribution in [-0.2, 0) is 0 Å². The number of halogens is 1. The Morgan fingerprint density at radius 3 is 2.31 bits per heavy atom. The van der Waals surface area contributed by atoms with Crippen molar-refractivity contribution in [3.05, 3.63) is 65.8 Å². The summed E-state index contributed by atoms with van der Waals surface area (Å²) in [6.45, 7) is 6.72. The van der Waals surface area contributed by atoms with Gasteiger partial charge >= 0.3 is 0 Å². The number of fused-ring (bicyclic) bond motifs is 1. The average molecular weight is 407 g/mol. The van der Waals surface area contributed by atoms with Crippen molar-refractivity contribution in [1.29, 1.82) is 0 Å². The van der Waals surface area contributed by atoms with E-state index >= 15 is 0 Å². The summed E-state index contributed by atoms with van der Waals surface area (Å²) in [7, 11) is 0. The molecule has 150 valence electrons. The van der Waals surface area contributed by atoms with Gasteiger partial charge in [-0.2, -0.15) is 0 Å². The lowest BCUT2D eigenvalue weighted by Crippen LogP contribution is -2.53. The van der Waals surface area contributed by atoms with Crippen LogP contribution in [0.5, 0.6) is 0 Å². The van der Waals surface area contributed by atoms with Crippen LogP contribution in [0.3, 0.4) is 0 Å². The smallest absolute Gasteiger partial charge is 0.0737 e. The van der Waals surface area contributed by atoms with Gasteiger partial charge in [-0.05, 0) is 49.2 Å². The molecule has 0 bridgehead atoms. The number of aromatic nitrogens is 1. The molecule has 29 heavy (non-hydrogen) atoms. The fourth-order valence-electron chi connectivity index (χ4n) is 4.84. The van der Waals surface area contributed by atoms with E-state index in [2.05, 4.69) is 62.1 Å². The topological polar surface area (TPSA) is 22.6 Å². The number of hydrogen-bond acceptors (Lipinski definition) is 4. The Morgan fingerprint density at radius 2 is 1.55 bits per heavy atom. The van der Waals surface area contributed by atoms with Crippen LogP contribution in [0.4, 0.5) is 11.4 Å². The second kappa shape index (κ2) is 8.21. The molecule has 0 saturated carbocycles. The van der Waals surface area contributed by atoms with Gasteiger partial charge in [-0.25, -0.2) is 0 Å². The summed E-state index contributed by atoms with van der Waals surface area (Å²) in [4.78, 5) is 12.2. The number of rotatable bonds is 3. The quantitative estimate of drug-likeness (QED) is 0.629. The molecule has 0 amide bonds. The van der Waals surface area contributed by atoms with Crippen LogP contribution in [0, 0.1) is 0 Å². The van der Waals surface area contributed by atoms with Gasteiger partial charge in [0.05, 0.1) is 5.52 Å². The largest absolute Gasteiger partial charge is 0.371 e. The third kappa shape index (κ3) is 3.92. The molecule has 3 aromatic rings. The van der Waals surface area contributed by atoms with Crippen LogP contribution in [0.1, 0.15) is 12.8 Å². The Hall–Kier alpha value is -2.30. The number of benzene rings is 2. The first-order valence-corrected chi connectivity index (χ1v) is 11.0. The summed E-state index contributed by atoms with van der Waals surface area (Å²) >= 11 is 6.15. The zero-order valence-electron chi connectivity index (χ0n) is 16.7. The van der Waals surface area contributed by atoms with Crippen molar-refractivity contribution in [3.8, 4) is 0 Å². The summed E-state index contributed by atoms with van der Waals surface area (Å²) in [5.41, 5.74) is 3.62. The molecule has 2 aliphatic heterocycles. The summed E-state index contributed by atoms with van der Waals surface area (Å²) in [6.07, 6.45) is 4.41. The van der Waals surface area contributed by atoms with Gasteiger partial charge in [0, 0.05) is 73.3 Å². The third-order valence-electron chi connectivity index (χ3n) is 6.44. The molecule has 1 aromatic heterocycles. The Labute approximate surface area is 177 Å². The molecule has 0 spiro atoms. The summed E-state index contributed by atoms with van der Waals surface area (Å²) < 4.78 is 0. The monoisotopic (exact) mass is 406 g/mol. The molecule has 0 unspecified atom stereocenters. The van der Waals surface area contributed by atoms with Crippen LogP contribution >= 0.6 is 11.6 Å². The highest BCUT2D eigenvalue weighted by molar-refractivity contribution is 6.31. The van der Waals surface area contributed by atoms with E-state index in [1.54, 1.807) is 0 Å². The average Bonchev–Trinajstić information content (AvgIpc) is 2.79. The first kappa shape index (κ1) is 18.7. The van der Waals surface area contributed by atoms with Crippen LogP contribution in [0.25, 0.3) is 10.9 Å². The third-order valence-corrected chi connectivity index (χ3v) is 6.67. The Morgan fingerprint density at radius 1 is 0.793 bits per heavy atom. The minimum atomic E-state index is 0.713. The van der Waals surface area contributed by atoms with E-state index in [1.165, 1.54) is 29.6 Å². The van der Waals surface area contributed by atoms with Gasteiger partial charge in [0.15, 0.2) is 0 Å². The number of para-hydroxylation sites is 1. The molecule has 0 aliphatic carbocycles. The Balaban J connectivity index is 1.21. The van der Waals surface area contributed by atoms with Crippen molar-refractivity contribution in [2.75, 3.05) is 49.1 Å². The van der Waals surface area contributed by atoms with Crippen LogP contribution < -0.4 is 9.80 Å². The number of anilines is 2. The Kier molecular flexibility index (Phi) is 5.30. The molecule has 4 nitrogen and oxygen atoms in total. The highest BCUT2D eigenvalue weighted by Gasteiger charge is 2.28. The lowest BCUT2D eigenvalue weighted by atomic mass is 10.0. The number of piperidine rings is 1. The highest BCUT2D eigenvalue weighted by atomic mass is 35.5. The molecule has 5 rings (SSSR count). The Bertz CT molecular complexity index is 961. The van der Waals surface area contributed by atoms with Crippen molar-refractivity contribution in [3.63, 3.8) is 0 Å². The van der Waals surface area contributed by atoms with E-state index in [0.717, 1.165) is 49.8 Å². The van der Waals surface area contributed by atoms with Crippen molar-refractivity contribution < 1.29 is 0 Å². The van der Waals surface area contributed by atoms with Crippen LogP contribution in [0.2, 0.25) is 5.02 Å². The van der Waals surface area contributed by atoms with E-state index in [9.17, 15) is 0 Å². The van der Waals surface area contributed by atoms with Gasteiger partial charge in [0.25, 0.3) is 0 Å².